The van der Waals surface area contributed by atoms with Gasteiger partial charge in [-0.15, -0.1) is 12.3 Å². The van der Waals surface area contributed by atoms with Crippen LogP contribution in [0.2, 0.25) is 0 Å². The number of terminal acetylenes is 1. The molecule has 0 atom stereocenters. The van der Waals surface area contributed by atoms with E-state index in [2.05, 4.69) is 11.2 Å². The van der Waals surface area contributed by atoms with Gasteiger partial charge in [-0.1, -0.05) is 6.07 Å². The molecule has 0 spiro atoms. The minimum Gasteiger partial charge on any atom is -0.492 e. The van der Waals surface area contributed by atoms with E-state index < -0.39 is 11.7 Å². The predicted octanol–water partition coefficient (Wildman–Crippen LogP) is 3.36. The first kappa shape index (κ1) is 14.7. The van der Waals surface area contributed by atoms with Crippen molar-refractivity contribution >= 4 is 0 Å². The Morgan fingerprint density at radius 2 is 2.10 bits per heavy atom. The van der Waals surface area contributed by atoms with Gasteiger partial charge in [0.2, 0.25) is 0 Å². The molecule has 20 heavy (non-hydrogen) atoms. The SMILES string of the molecule is C#CCCOc1ccc(CNC2CC2)cc1C(F)(F)F. The Morgan fingerprint density at radius 1 is 1.35 bits per heavy atom. The minimum atomic E-state index is -4.43. The van der Waals surface area contributed by atoms with E-state index in [0.29, 0.717) is 18.2 Å². The summed E-state index contributed by atoms with van der Waals surface area (Å²) in [5, 5.41) is 3.19. The first-order valence-electron chi connectivity index (χ1n) is 6.50. The largest absolute Gasteiger partial charge is 0.492 e. The fourth-order valence-electron chi connectivity index (χ4n) is 1.80. The first-order valence-corrected chi connectivity index (χ1v) is 6.50. The maximum absolute atomic E-state index is 13.0. The fourth-order valence-corrected chi connectivity index (χ4v) is 1.80. The molecule has 0 saturated heterocycles. The summed E-state index contributed by atoms with van der Waals surface area (Å²) < 4.78 is 44.1. The summed E-state index contributed by atoms with van der Waals surface area (Å²) in [5.41, 5.74) is -0.141. The van der Waals surface area contributed by atoms with Gasteiger partial charge in [-0.2, -0.15) is 13.2 Å². The molecule has 1 saturated carbocycles. The van der Waals surface area contributed by atoms with Crippen LogP contribution in [0.4, 0.5) is 13.2 Å². The molecule has 0 bridgehead atoms. The van der Waals surface area contributed by atoms with E-state index in [1.807, 2.05) is 0 Å². The number of benzene rings is 1. The number of hydrogen-bond donors (Lipinski definition) is 1. The summed E-state index contributed by atoms with van der Waals surface area (Å²) in [5.74, 6) is 2.17. The summed E-state index contributed by atoms with van der Waals surface area (Å²) in [7, 11) is 0. The molecule has 0 radical (unpaired) electrons. The van der Waals surface area contributed by atoms with Gasteiger partial charge >= 0.3 is 6.18 Å². The number of alkyl halides is 3. The van der Waals surface area contributed by atoms with Crippen LogP contribution in [-0.2, 0) is 12.7 Å². The van der Waals surface area contributed by atoms with E-state index >= 15 is 0 Å². The zero-order valence-electron chi connectivity index (χ0n) is 11.0. The van der Waals surface area contributed by atoms with Crippen LogP contribution >= 0.6 is 0 Å². The molecule has 0 unspecified atom stereocenters. The lowest BCUT2D eigenvalue weighted by Gasteiger charge is -2.15. The van der Waals surface area contributed by atoms with Crippen molar-refractivity contribution in [3.8, 4) is 18.1 Å². The number of hydrogen-bond acceptors (Lipinski definition) is 2. The van der Waals surface area contributed by atoms with E-state index in [1.54, 1.807) is 6.07 Å². The van der Waals surface area contributed by atoms with Gasteiger partial charge in [0.1, 0.15) is 5.75 Å². The number of halogens is 3. The van der Waals surface area contributed by atoms with E-state index in [4.69, 9.17) is 11.2 Å². The highest BCUT2D eigenvalue weighted by Gasteiger charge is 2.34. The summed E-state index contributed by atoms with van der Waals surface area (Å²) >= 11 is 0. The monoisotopic (exact) mass is 283 g/mol. The third-order valence-electron chi connectivity index (χ3n) is 3.03. The second kappa shape index (κ2) is 6.19. The minimum absolute atomic E-state index is 0.0826. The topological polar surface area (TPSA) is 21.3 Å². The molecule has 1 aliphatic rings. The molecule has 108 valence electrons. The van der Waals surface area contributed by atoms with Crippen molar-refractivity contribution in [1.82, 2.24) is 5.32 Å². The van der Waals surface area contributed by atoms with E-state index in [9.17, 15) is 13.2 Å². The molecule has 1 aliphatic carbocycles. The Hall–Kier alpha value is -1.67. The predicted molar refractivity (Wildman–Crippen MR) is 70.3 cm³/mol. The highest BCUT2D eigenvalue weighted by atomic mass is 19.4. The van der Waals surface area contributed by atoms with Gasteiger partial charge in [-0.05, 0) is 30.5 Å². The average Bonchev–Trinajstić information content (AvgIpc) is 3.20. The van der Waals surface area contributed by atoms with Gasteiger partial charge in [-0.25, -0.2) is 0 Å². The summed E-state index contributed by atoms with van der Waals surface area (Å²) in [6.45, 7) is 0.525. The molecule has 1 aromatic rings. The van der Waals surface area contributed by atoms with E-state index in [1.165, 1.54) is 6.07 Å². The first-order chi connectivity index (χ1) is 9.50. The third-order valence-corrected chi connectivity index (χ3v) is 3.03. The second-order valence-corrected chi connectivity index (χ2v) is 4.79. The molecular weight excluding hydrogens is 267 g/mol. The van der Waals surface area contributed by atoms with Crippen LogP contribution in [0.5, 0.6) is 5.75 Å². The number of rotatable bonds is 6. The lowest BCUT2D eigenvalue weighted by Crippen LogP contribution is -2.16. The normalized spacial score (nSPS) is 14.9. The number of nitrogens with one attached hydrogen (secondary N) is 1. The highest BCUT2D eigenvalue weighted by Crippen LogP contribution is 2.37. The molecule has 0 heterocycles. The molecule has 2 nitrogen and oxygen atoms in total. The molecule has 1 fully saturated rings. The Kier molecular flexibility index (Phi) is 4.56. The van der Waals surface area contributed by atoms with Gasteiger partial charge in [0.25, 0.3) is 0 Å². The fraction of sp³-hybridized carbons (Fsp3) is 0.467. The van der Waals surface area contributed by atoms with Crippen LogP contribution in [-0.4, -0.2) is 12.6 Å². The van der Waals surface area contributed by atoms with Crippen molar-refractivity contribution in [2.75, 3.05) is 6.61 Å². The van der Waals surface area contributed by atoms with Gasteiger partial charge in [0, 0.05) is 19.0 Å². The van der Waals surface area contributed by atoms with E-state index in [-0.39, 0.29) is 18.8 Å². The van der Waals surface area contributed by atoms with Crippen molar-refractivity contribution in [2.45, 2.75) is 38.0 Å². The van der Waals surface area contributed by atoms with Crippen LogP contribution in [0.25, 0.3) is 0 Å². The lowest BCUT2D eigenvalue weighted by atomic mass is 10.1. The maximum Gasteiger partial charge on any atom is 0.419 e. The average molecular weight is 283 g/mol. The quantitative estimate of drug-likeness (QED) is 0.638. The lowest BCUT2D eigenvalue weighted by molar-refractivity contribution is -0.139. The maximum atomic E-state index is 13.0. The molecule has 0 amide bonds. The second-order valence-electron chi connectivity index (χ2n) is 4.79. The van der Waals surface area contributed by atoms with Crippen molar-refractivity contribution in [1.29, 1.82) is 0 Å². The van der Waals surface area contributed by atoms with Crippen molar-refractivity contribution < 1.29 is 17.9 Å². The Labute approximate surface area is 116 Å². The summed E-state index contributed by atoms with van der Waals surface area (Å²) in [6.07, 6.45) is 3.10. The molecular formula is C15H16F3NO. The van der Waals surface area contributed by atoms with Crippen LogP contribution in [0.1, 0.15) is 30.4 Å². The summed E-state index contributed by atoms with van der Waals surface area (Å²) in [4.78, 5) is 0. The van der Waals surface area contributed by atoms with Crippen LogP contribution < -0.4 is 10.1 Å². The molecule has 1 aromatic carbocycles. The Bertz CT molecular complexity index is 501. The zero-order valence-corrected chi connectivity index (χ0v) is 11.0. The van der Waals surface area contributed by atoms with Gasteiger partial charge in [-0.3, -0.25) is 0 Å². The van der Waals surface area contributed by atoms with Crippen LogP contribution in [0, 0.1) is 12.3 Å². The Morgan fingerprint density at radius 3 is 2.70 bits per heavy atom. The molecule has 0 aliphatic heterocycles. The third kappa shape index (κ3) is 4.17. The molecule has 2 rings (SSSR count). The van der Waals surface area contributed by atoms with Crippen LogP contribution in [0.3, 0.4) is 0 Å². The van der Waals surface area contributed by atoms with Crippen LogP contribution in [0.15, 0.2) is 18.2 Å². The highest BCUT2D eigenvalue weighted by molar-refractivity contribution is 5.39. The van der Waals surface area contributed by atoms with E-state index in [0.717, 1.165) is 18.9 Å². The molecule has 0 aromatic heterocycles. The van der Waals surface area contributed by atoms with Gasteiger partial charge in [0.05, 0.1) is 12.2 Å². The van der Waals surface area contributed by atoms with Crippen molar-refractivity contribution in [3.05, 3.63) is 29.3 Å². The zero-order chi connectivity index (χ0) is 14.6. The smallest absolute Gasteiger partial charge is 0.419 e. The Balaban J connectivity index is 2.11. The van der Waals surface area contributed by atoms with Gasteiger partial charge in [0.15, 0.2) is 0 Å². The standard InChI is InChI=1S/C15H16F3NO/c1-2-3-8-20-14-7-4-11(10-19-12-5-6-12)9-13(14)15(16,17)18/h1,4,7,9,12,19H,3,5-6,8,10H2. The van der Waals surface area contributed by atoms with Crippen molar-refractivity contribution in [2.24, 2.45) is 0 Å². The molecule has 5 heteroatoms. The molecule has 1 N–H and O–H groups in total. The van der Waals surface area contributed by atoms with Gasteiger partial charge < -0.3 is 10.1 Å². The number of ether oxygens (including phenoxy) is 1. The summed E-state index contributed by atoms with van der Waals surface area (Å²) in [6, 6.07) is 4.61. The van der Waals surface area contributed by atoms with Crippen molar-refractivity contribution in [3.63, 3.8) is 0 Å².